The van der Waals surface area contributed by atoms with E-state index in [1.165, 1.54) is 39.4 Å². The van der Waals surface area contributed by atoms with E-state index in [9.17, 15) is 0 Å². The Balaban J connectivity index is 0.000000148. The summed E-state index contributed by atoms with van der Waals surface area (Å²) < 4.78 is 0. The molecule has 0 saturated heterocycles. The van der Waals surface area contributed by atoms with Crippen molar-refractivity contribution in [2.24, 2.45) is 0 Å². The van der Waals surface area contributed by atoms with Gasteiger partial charge in [0.25, 0.3) is 0 Å². The Hall–Kier alpha value is -3.51. The third-order valence-corrected chi connectivity index (χ3v) is 6.88. The fourth-order valence-corrected chi connectivity index (χ4v) is 4.93. The largest absolute Gasteiger partial charge is 0.493 e. The Labute approximate surface area is 204 Å². The summed E-state index contributed by atoms with van der Waals surface area (Å²) >= 11 is 0. The van der Waals surface area contributed by atoms with Gasteiger partial charge in [0.15, 0.2) is 0 Å². The predicted molar refractivity (Wildman–Crippen MR) is 149 cm³/mol. The minimum absolute atomic E-state index is 0.162. The van der Waals surface area contributed by atoms with E-state index in [2.05, 4.69) is 126 Å². The molecule has 5 aromatic rings. The van der Waals surface area contributed by atoms with Gasteiger partial charge in [-0.2, -0.15) is 4.98 Å². The first-order valence-corrected chi connectivity index (χ1v) is 12.8. The molecule has 0 aliphatic carbocycles. The van der Waals surface area contributed by atoms with E-state index in [0.717, 1.165) is 17.2 Å². The van der Waals surface area contributed by atoms with Crippen LogP contribution in [0.5, 0.6) is 11.8 Å². The SMILES string of the molecule is Oc1cccc(O)n1.c1ccc(Pc2ccccc2)cc1.c1ccc(Pc2ccccc2)cc1. The molecule has 5 rings (SSSR count). The lowest BCUT2D eigenvalue weighted by Crippen LogP contribution is -2.01. The minimum atomic E-state index is -0.162. The lowest BCUT2D eigenvalue weighted by molar-refractivity contribution is 0.413. The highest BCUT2D eigenvalue weighted by atomic mass is 31.1. The van der Waals surface area contributed by atoms with Gasteiger partial charge in [0.05, 0.1) is 0 Å². The maximum atomic E-state index is 8.54. The number of benzene rings is 4. The van der Waals surface area contributed by atoms with Crippen molar-refractivity contribution in [3.8, 4) is 11.8 Å². The Morgan fingerprint density at radius 3 is 0.824 bits per heavy atom. The zero-order chi connectivity index (χ0) is 23.8. The van der Waals surface area contributed by atoms with Crippen LogP contribution in [-0.2, 0) is 0 Å². The summed E-state index contributed by atoms with van der Waals surface area (Å²) in [5.41, 5.74) is 0. The average Bonchev–Trinajstić information content (AvgIpc) is 2.87. The van der Waals surface area contributed by atoms with Gasteiger partial charge in [-0.1, -0.05) is 145 Å². The van der Waals surface area contributed by atoms with Crippen molar-refractivity contribution in [3.05, 3.63) is 140 Å². The molecule has 0 aliphatic heterocycles. The molecule has 2 N–H and O–H groups in total. The average molecular weight is 483 g/mol. The number of aromatic nitrogens is 1. The van der Waals surface area contributed by atoms with Crippen molar-refractivity contribution in [1.82, 2.24) is 4.98 Å². The van der Waals surface area contributed by atoms with Crippen LogP contribution in [-0.4, -0.2) is 15.2 Å². The molecule has 5 heteroatoms. The van der Waals surface area contributed by atoms with E-state index in [4.69, 9.17) is 10.2 Å². The molecule has 0 saturated carbocycles. The van der Waals surface area contributed by atoms with E-state index in [1.54, 1.807) is 0 Å². The lowest BCUT2D eigenvalue weighted by atomic mass is 10.4. The van der Waals surface area contributed by atoms with Gasteiger partial charge in [-0.15, -0.1) is 0 Å². The van der Waals surface area contributed by atoms with E-state index < -0.39 is 0 Å². The summed E-state index contributed by atoms with van der Waals surface area (Å²) in [6.45, 7) is 0. The molecule has 34 heavy (non-hydrogen) atoms. The molecule has 1 heterocycles. The van der Waals surface area contributed by atoms with Crippen molar-refractivity contribution < 1.29 is 10.2 Å². The smallest absolute Gasteiger partial charge is 0.214 e. The van der Waals surface area contributed by atoms with Crippen LogP contribution in [0.25, 0.3) is 0 Å². The van der Waals surface area contributed by atoms with Crippen LogP contribution in [0.15, 0.2) is 140 Å². The molecule has 3 nitrogen and oxygen atoms in total. The first-order valence-electron chi connectivity index (χ1n) is 10.8. The maximum absolute atomic E-state index is 8.54. The second-order valence-electron chi connectivity index (χ2n) is 7.07. The molecule has 1 aromatic heterocycles. The van der Waals surface area contributed by atoms with Gasteiger partial charge in [-0.25, -0.2) is 0 Å². The van der Waals surface area contributed by atoms with Crippen LogP contribution in [0, 0.1) is 0 Å². The standard InChI is InChI=1S/2C12H11P.C5H5NO2/c2*1-3-7-11(8-4-1)13-12-9-5-2-6-10-12;7-4-2-1-3-5(8)6-4/h2*1-10,13H;1-3H,(H2,6,7,8). The van der Waals surface area contributed by atoms with Gasteiger partial charge >= 0.3 is 0 Å². The molecule has 0 fully saturated rings. The van der Waals surface area contributed by atoms with E-state index in [0.29, 0.717) is 0 Å². The molecule has 0 aliphatic rings. The third kappa shape index (κ3) is 9.96. The number of nitrogens with zero attached hydrogens (tertiary/aromatic N) is 1. The van der Waals surface area contributed by atoms with E-state index in [1.807, 2.05) is 0 Å². The van der Waals surface area contributed by atoms with Crippen LogP contribution in [0.2, 0.25) is 0 Å². The van der Waals surface area contributed by atoms with Gasteiger partial charge < -0.3 is 10.2 Å². The number of aromatic hydroxyl groups is 2. The van der Waals surface area contributed by atoms with Gasteiger partial charge in [-0.05, 0) is 21.2 Å². The Morgan fingerprint density at radius 1 is 0.353 bits per heavy atom. The zero-order valence-corrected chi connectivity index (χ0v) is 20.6. The number of rotatable bonds is 4. The van der Waals surface area contributed by atoms with Crippen LogP contribution >= 0.6 is 17.2 Å². The summed E-state index contributed by atoms with van der Waals surface area (Å²) in [5.74, 6) is -0.324. The molecule has 0 atom stereocenters. The summed E-state index contributed by atoms with van der Waals surface area (Å²) in [6.07, 6.45) is 0. The first kappa shape index (κ1) is 25.1. The van der Waals surface area contributed by atoms with Crippen molar-refractivity contribution in [2.45, 2.75) is 0 Å². The third-order valence-electron chi connectivity index (χ3n) is 4.39. The Morgan fingerprint density at radius 2 is 0.618 bits per heavy atom. The molecule has 170 valence electrons. The van der Waals surface area contributed by atoms with Crippen LogP contribution in [0.1, 0.15) is 0 Å². The topological polar surface area (TPSA) is 53.4 Å². The number of hydrogen-bond donors (Lipinski definition) is 2. The molecular weight excluding hydrogens is 456 g/mol. The second kappa shape index (κ2) is 14.6. The highest BCUT2D eigenvalue weighted by molar-refractivity contribution is 7.55. The van der Waals surface area contributed by atoms with Crippen molar-refractivity contribution in [2.75, 3.05) is 0 Å². The number of pyridine rings is 1. The molecule has 0 unspecified atom stereocenters. The highest BCUT2D eigenvalue weighted by Crippen LogP contribution is 2.10. The van der Waals surface area contributed by atoms with Gasteiger partial charge in [0.2, 0.25) is 11.8 Å². The quantitative estimate of drug-likeness (QED) is 0.349. The van der Waals surface area contributed by atoms with Crippen molar-refractivity contribution >= 4 is 38.4 Å². The Bertz CT molecular complexity index is 1040. The molecular formula is C29H27NO2P2. The monoisotopic (exact) mass is 483 g/mol. The van der Waals surface area contributed by atoms with Gasteiger partial charge in [0, 0.05) is 12.1 Å². The molecule has 0 spiro atoms. The van der Waals surface area contributed by atoms with Crippen molar-refractivity contribution in [1.29, 1.82) is 0 Å². The summed E-state index contributed by atoms with van der Waals surface area (Å²) in [5, 5.41) is 22.7. The molecule has 0 radical (unpaired) electrons. The maximum Gasteiger partial charge on any atom is 0.214 e. The molecule has 0 amide bonds. The Kier molecular flexibility index (Phi) is 10.8. The zero-order valence-electron chi connectivity index (χ0n) is 18.6. The van der Waals surface area contributed by atoms with E-state index in [-0.39, 0.29) is 11.8 Å². The normalized spacial score (nSPS) is 9.65. The summed E-state index contributed by atoms with van der Waals surface area (Å²) in [6, 6.07) is 46.6. The molecule has 4 aromatic carbocycles. The fourth-order valence-electron chi connectivity index (χ4n) is 2.83. The lowest BCUT2D eigenvalue weighted by Gasteiger charge is -2.00. The van der Waals surface area contributed by atoms with Gasteiger partial charge in [0.1, 0.15) is 0 Å². The number of hydrogen-bond acceptors (Lipinski definition) is 3. The van der Waals surface area contributed by atoms with Crippen LogP contribution in [0.3, 0.4) is 0 Å². The first-order chi connectivity index (χ1) is 16.7. The molecule has 0 bridgehead atoms. The van der Waals surface area contributed by atoms with Gasteiger partial charge in [-0.3, -0.25) is 0 Å². The van der Waals surface area contributed by atoms with Crippen molar-refractivity contribution in [3.63, 3.8) is 0 Å². The van der Waals surface area contributed by atoms with Crippen LogP contribution in [0.4, 0.5) is 0 Å². The minimum Gasteiger partial charge on any atom is -0.493 e. The highest BCUT2D eigenvalue weighted by Gasteiger charge is 1.93. The fraction of sp³-hybridized carbons (Fsp3) is 0. The summed E-state index contributed by atoms with van der Waals surface area (Å²) in [7, 11) is 1.55. The summed E-state index contributed by atoms with van der Waals surface area (Å²) in [4.78, 5) is 3.28. The predicted octanol–water partition coefficient (Wildman–Crippen LogP) is 5.12. The van der Waals surface area contributed by atoms with Crippen LogP contribution < -0.4 is 21.2 Å². The van der Waals surface area contributed by atoms with E-state index >= 15 is 0 Å². The second-order valence-corrected chi connectivity index (χ2v) is 9.88.